The Bertz CT molecular complexity index is 741. The Morgan fingerprint density at radius 2 is 1.05 bits per heavy atom. The molecule has 0 amide bonds. The minimum absolute atomic E-state index is 1.13. The van der Waals surface area contributed by atoms with Gasteiger partial charge in [0.15, 0.2) is 16.5 Å². The van der Waals surface area contributed by atoms with Gasteiger partial charge in [0.25, 0.3) is 0 Å². The van der Waals surface area contributed by atoms with Crippen molar-refractivity contribution in [1.29, 1.82) is 0 Å². The van der Waals surface area contributed by atoms with Gasteiger partial charge >= 0.3 is 0 Å². The van der Waals surface area contributed by atoms with E-state index in [9.17, 15) is 0 Å². The predicted molar refractivity (Wildman–Crippen MR) is 104 cm³/mol. The molecule has 0 saturated carbocycles. The molecule has 0 N–H and O–H groups in total. The highest BCUT2D eigenvalue weighted by Gasteiger charge is 2.30. The van der Waals surface area contributed by atoms with Crippen LogP contribution in [0.5, 0.6) is 0 Å². The molecule has 3 rings (SSSR count). The summed E-state index contributed by atoms with van der Waals surface area (Å²) in [4.78, 5) is 0. The topological polar surface area (TPSA) is 24.7 Å². The molecule has 0 saturated heterocycles. The Hall–Kier alpha value is -1.53. The third-order valence-corrected chi connectivity index (χ3v) is 5.32. The van der Waals surface area contributed by atoms with Gasteiger partial charge in [-0.1, -0.05) is 36.4 Å². The largest absolute Gasteiger partial charge is 0.319 e. The van der Waals surface area contributed by atoms with E-state index in [-0.39, 0.29) is 0 Å². The number of rotatable bonds is 2. The van der Waals surface area contributed by atoms with Crippen molar-refractivity contribution in [1.82, 2.24) is 0 Å². The zero-order valence-corrected chi connectivity index (χ0v) is 16.4. The van der Waals surface area contributed by atoms with Gasteiger partial charge in [-0.15, -0.1) is 0 Å². The lowest BCUT2D eigenvalue weighted by Gasteiger charge is -2.16. The third-order valence-electron chi connectivity index (χ3n) is 3.53. The van der Waals surface area contributed by atoms with E-state index in [2.05, 4.69) is 75.7 Å². The fourth-order valence-electron chi connectivity index (χ4n) is 2.89. The lowest BCUT2D eigenvalue weighted by atomic mass is 10.1. The van der Waals surface area contributed by atoms with E-state index >= 15 is 0 Å². The molecule has 0 aliphatic heterocycles. The van der Waals surface area contributed by atoms with Crippen LogP contribution in [0.15, 0.2) is 45.7 Å². The zero-order valence-electron chi connectivity index (χ0n) is 14.4. The second kappa shape index (κ2) is 5.00. The van der Waals surface area contributed by atoms with Crippen LogP contribution in [0.25, 0.3) is 10.8 Å². The molecule has 0 heterocycles. The predicted octanol–water partition coefficient (Wildman–Crippen LogP) is 5.10. The fourth-order valence-corrected chi connectivity index (χ4v) is 4.68. The summed E-state index contributed by atoms with van der Waals surface area (Å²) in [6.45, 7) is 13.7. The minimum atomic E-state index is -1.57. The molecule has 0 bridgehead atoms. The average molecular weight is 325 g/mol. The molecule has 2 aromatic rings. The number of benzene rings is 2. The van der Waals surface area contributed by atoms with Crippen molar-refractivity contribution in [3.8, 4) is 0 Å². The van der Waals surface area contributed by atoms with Gasteiger partial charge in [-0.3, -0.25) is 0 Å². The van der Waals surface area contributed by atoms with E-state index in [1.54, 1.807) is 0 Å². The van der Waals surface area contributed by atoms with Crippen LogP contribution < -0.4 is 0 Å². The van der Waals surface area contributed by atoms with Crippen LogP contribution >= 0.6 is 0 Å². The van der Waals surface area contributed by atoms with Gasteiger partial charge in [0, 0.05) is 16.5 Å². The van der Waals surface area contributed by atoms with E-state index in [4.69, 9.17) is 9.32 Å². The standard InChI is InChI=1S/C18H24N2Si2/c1-21(2,3)19-17-14-11-7-9-13-10-8-12-15(16(13)14)18(17)20-22(4,5)6/h7-12H,1-6H3. The first-order valence-electron chi connectivity index (χ1n) is 7.88. The number of hydrogen-bond acceptors (Lipinski definition) is 2. The highest BCUT2D eigenvalue weighted by molar-refractivity contribution is 6.81. The maximum Gasteiger partial charge on any atom is 0.173 e. The summed E-state index contributed by atoms with van der Waals surface area (Å²) in [6.07, 6.45) is 0. The number of nitrogens with zero attached hydrogens (tertiary/aromatic N) is 2. The van der Waals surface area contributed by atoms with Crippen molar-refractivity contribution < 1.29 is 0 Å². The van der Waals surface area contributed by atoms with E-state index in [0.29, 0.717) is 0 Å². The van der Waals surface area contributed by atoms with Crippen molar-refractivity contribution in [2.24, 2.45) is 9.32 Å². The third kappa shape index (κ3) is 2.85. The van der Waals surface area contributed by atoms with E-state index in [0.717, 1.165) is 11.4 Å². The second-order valence-corrected chi connectivity index (χ2v) is 17.1. The molecule has 0 unspecified atom stereocenters. The van der Waals surface area contributed by atoms with Gasteiger partial charge < -0.3 is 9.32 Å². The maximum absolute atomic E-state index is 5.16. The van der Waals surface area contributed by atoms with Crippen LogP contribution in [0.1, 0.15) is 11.1 Å². The van der Waals surface area contributed by atoms with Crippen molar-refractivity contribution in [2.45, 2.75) is 39.3 Å². The van der Waals surface area contributed by atoms with E-state index < -0.39 is 16.5 Å². The van der Waals surface area contributed by atoms with Crippen molar-refractivity contribution in [3.63, 3.8) is 0 Å². The van der Waals surface area contributed by atoms with Crippen LogP contribution in [-0.4, -0.2) is 27.9 Å². The molecule has 0 atom stereocenters. The highest BCUT2D eigenvalue weighted by Crippen LogP contribution is 2.33. The lowest BCUT2D eigenvalue weighted by Crippen LogP contribution is -2.27. The summed E-state index contributed by atoms with van der Waals surface area (Å²) >= 11 is 0. The zero-order chi connectivity index (χ0) is 16.1. The molecule has 0 aromatic heterocycles. The molecular formula is C18H24N2Si2. The average Bonchev–Trinajstić information content (AvgIpc) is 2.64. The molecule has 1 aliphatic rings. The van der Waals surface area contributed by atoms with Crippen molar-refractivity contribution in [3.05, 3.63) is 47.5 Å². The molecule has 2 aromatic carbocycles. The van der Waals surface area contributed by atoms with Crippen LogP contribution in [0.3, 0.4) is 0 Å². The maximum atomic E-state index is 5.16. The van der Waals surface area contributed by atoms with Gasteiger partial charge in [0.05, 0.1) is 11.4 Å². The first kappa shape index (κ1) is 15.4. The molecule has 0 spiro atoms. The summed E-state index contributed by atoms with van der Waals surface area (Å²) in [7, 11) is -3.14. The summed E-state index contributed by atoms with van der Waals surface area (Å²) in [6, 6.07) is 13.1. The lowest BCUT2D eigenvalue weighted by molar-refractivity contribution is 1.54. The molecule has 114 valence electrons. The van der Waals surface area contributed by atoms with Crippen LogP contribution in [0, 0.1) is 0 Å². The summed E-state index contributed by atoms with van der Waals surface area (Å²) in [5.74, 6) is 0. The molecule has 2 nitrogen and oxygen atoms in total. The number of hydrogen-bond donors (Lipinski definition) is 0. The van der Waals surface area contributed by atoms with Gasteiger partial charge in [0.1, 0.15) is 0 Å². The molecule has 4 heteroatoms. The first-order chi connectivity index (χ1) is 10.2. The van der Waals surface area contributed by atoms with Gasteiger partial charge in [-0.2, -0.15) is 0 Å². The molecular weight excluding hydrogens is 300 g/mol. The van der Waals surface area contributed by atoms with Crippen molar-refractivity contribution >= 4 is 38.7 Å². The Balaban J connectivity index is 2.37. The Morgan fingerprint density at radius 3 is 1.41 bits per heavy atom. The molecule has 0 fully saturated rings. The van der Waals surface area contributed by atoms with Gasteiger partial charge in [-0.25, -0.2) is 0 Å². The van der Waals surface area contributed by atoms with E-state index in [1.165, 1.54) is 21.9 Å². The molecule has 22 heavy (non-hydrogen) atoms. The SMILES string of the molecule is C[Si](C)(C)N=C1C(=N[Si](C)(C)C)c2cccc3cccc1c23. The fraction of sp³-hybridized carbons (Fsp3) is 0.333. The van der Waals surface area contributed by atoms with Crippen molar-refractivity contribution in [2.75, 3.05) is 0 Å². The Morgan fingerprint density at radius 1 is 0.636 bits per heavy atom. The van der Waals surface area contributed by atoms with E-state index in [1.807, 2.05) is 0 Å². The summed E-state index contributed by atoms with van der Waals surface area (Å²) in [5, 5.41) is 2.62. The quantitative estimate of drug-likeness (QED) is 0.687. The monoisotopic (exact) mass is 324 g/mol. The summed E-state index contributed by atoms with van der Waals surface area (Å²) in [5.41, 5.74) is 4.81. The van der Waals surface area contributed by atoms with Crippen LogP contribution in [0.2, 0.25) is 39.3 Å². The Kier molecular flexibility index (Phi) is 3.49. The second-order valence-electron chi connectivity index (χ2n) is 7.97. The van der Waals surface area contributed by atoms with Crippen LogP contribution in [-0.2, 0) is 0 Å². The normalized spacial score (nSPS) is 18.6. The minimum Gasteiger partial charge on any atom is -0.319 e. The highest BCUT2D eigenvalue weighted by atomic mass is 28.3. The molecule has 1 aliphatic carbocycles. The van der Waals surface area contributed by atoms with Gasteiger partial charge in [-0.05, 0) is 44.7 Å². The summed E-state index contributed by atoms with van der Waals surface area (Å²) < 4.78 is 10.3. The molecule has 0 radical (unpaired) electrons. The smallest absolute Gasteiger partial charge is 0.173 e. The van der Waals surface area contributed by atoms with Crippen LogP contribution in [0.4, 0.5) is 0 Å². The van der Waals surface area contributed by atoms with Gasteiger partial charge in [0.2, 0.25) is 0 Å². The first-order valence-corrected chi connectivity index (χ1v) is 14.8. The Labute approximate surface area is 135 Å².